The third-order valence-electron chi connectivity index (χ3n) is 5.10. The minimum atomic E-state index is -0.105. The number of thiophene rings is 1. The third-order valence-corrected chi connectivity index (χ3v) is 7.19. The zero-order valence-corrected chi connectivity index (χ0v) is 17.0. The number of hydrogen-bond donors (Lipinski definition) is 1. The molecule has 0 saturated carbocycles. The van der Waals surface area contributed by atoms with E-state index in [1.807, 2.05) is 19.1 Å². The van der Waals surface area contributed by atoms with Crippen LogP contribution in [-0.2, 0) is 18.6 Å². The monoisotopic (exact) mass is 410 g/mol. The highest BCUT2D eigenvalue weighted by Crippen LogP contribution is 2.34. The number of H-pyrrole nitrogens is 1. The van der Waals surface area contributed by atoms with Crippen molar-refractivity contribution in [3.63, 3.8) is 0 Å². The first-order chi connectivity index (χ1) is 13.6. The molecule has 0 aliphatic heterocycles. The second kappa shape index (κ2) is 6.86. The lowest BCUT2D eigenvalue weighted by Gasteiger charge is -2.09. The van der Waals surface area contributed by atoms with Crippen molar-refractivity contribution in [2.45, 2.75) is 43.5 Å². The fraction of sp³-hybridized carbons (Fsp3) is 0.300. The normalized spacial score (nSPS) is 13.9. The van der Waals surface area contributed by atoms with Crippen molar-refractivity contribution in [2.24, 2.45) is 0 Å². The highest BCUT2D eigenvalue weighted by molar-refractivity contribution is 7.98. The van der Waals surface area contributed by atoms with Gasteiger partial charge in [0.15, 0.2) is 5.16 Å². The molecule has 1 aliphatic carbocycles. The molecule has 0 fully saturated rings. The fourth-order valence-corrected chi connectivity index (χ4v) is 5.81. The van der Waals surface area contributed by atoms with Gasteiger partial charge in [0.05, 0.1) is 11.1 Å². The summed E-state index contributed by atoms with van der Waals surface area (Å²) in [5, 5.41) is 1.34. The number of thioether (sulfide) groups is 1. The average Bonchev–Trinajstić information content (AvgIpc) is 3.06. The van der Waals surface area contributed by atoms with Gasteiger partial charge in [-0.1, -0.05) is 17.8 Å². The summed E-state index contributed by atoms with van der Waals surface area (Å²) in [5.74, 6) is 0.472. The van der Waals surface area contributed by atoms with Crippen LogP contribution in [0.25, 0.3) is 15.9 Å². The molecule has 0 bridgehead atoms. The summed E-state index contributed by atoms with van der Waals surface area (Å²) < 4.78 is 1.55. The summed E-state index contributed by atoms with van der Waals surface area (Å²) >= 11 is 3.04. The molecule has 4 aromatic rings. The molecule has 4 heterocycles. The maximum atomic E-state index is 12.6. The Morgan fingerprint density at radius 1 is 1.25 bits per heavy atom. The van der Waals surface area contributed by atoms with Gasteiger partial charge in [-0.3, -0.25) is 14.0 Å². The third kappa shape index (κ3) is 2.97. The van der Waals surface area contributed by atoms with E-state index in [0.717, 1.165) is 35.0 Å². The lowest BCUT2D eigenvalue weighted by molar-refractivity contribution is 0.700. The van der Waals surface area contributed by atoms with Gasteiger partial charge in [-0.25, -0.2) is 9.97 Å². The second-order valence-electron chi connectivity index (χ2n) is 7.02. The van der Waals surface area contributed by atoms with Gasteiger partial charge in [0, 0.05) is 22.9 Å². The summed E-state index contributed by atoms with van der Waals surface area (Å²) in [6.07, 6.45) is 6.05. The van der Waals surface area contributed by atoms with Crippen LogP contribution >= 0.6 is 23.1 Å². The quantitative estimate of drug-likeness (QED) is 0.413. The molecule has 28 heavy (non-hydrogen) atoms. The van der Waals surface area contributed by atoms with Crippen LogP contribution in [0.3, 0.4) is 0 Å². The van der Waals surface area contributed by atoms with E-state index in [0.29, 0.717) is 22.3 Å². The van der Waals surface area contributed by atoms with Crippen LogP contribution < -0.4 is 11.1 Å². The van der Waals surface area contributed by atoms with E-state index in [9.17, 15) is 9.59 Å². The zero-order valence-electron chi connectivity index (χ0n) is 15.3. The second-order valence-corrected chi connectivity index (χ2v) is 9.07. The molecule has 142 valence electrons. The Hall–Kier alpha value is -2.45. The Labute approximate surface area is 168 Å². The number of pyridine rings is 1. The Balaban J connectivity index is 1.48. The molecule has 0 aromatic carbocycles. The van der Waals surface area contributed by atoms with Gasteiger partial charge >= 0.3 is 0 Å². The van der Waals surface area contributed by atoms with Crippen molar-refractivity contribution >= 4 is 39.0 Å². The Morgan fingerprint density at radius 2 is 2.11 bits per heavy atom. The van der Waals surface area contributed by atoms with E-state index in [4.69, 9.17) is 0 Å². The van der Waals surface area contributed by atoms with E-state index in [1.165, 1.54) is 28.6 Å². The maximum absolute atomic E-state index is 12.6. The Morgan fingerprint density at radius 3 is 3.00 bits per heavy atom. The fourth-order valence-electron chi connectivity index (χ4n) is 3.74. The minimum Gasteiger partial charge on any atom is -0.301 e. The average molecular weight is 411 g/mol. The number of aromatic nitrogens is 4. The van der Waals surface area contributed by atoms with Crippen molar-refractivity contribution in [1.29, 1.82) is 0 Å². The van der Waals surface area contributed by atoms with Crippen LogP contribution in [0.4, 0.5) is 0 Å². The molecule has 1 N–H and O–H groups in total. The molecule has 4 aromatic heterocycles. The topological polar surface area (TPSA) is 80.1 Å². The summed E-state index contributed by atoms with van der Waals surface area (Å²) in [6, 6.07) is 5.31. The Bertz CT molecular complexity index is 1340. The van der Waals surface area contributed by atoms with E-state index in [2.05, 4.69) is 15.0 Å². The summed E-state index contributed by atoms with van der Waals surface area (Å²) in [7, 11) is 0. The lowest BCUT2D eigenvalue weighted by atomic mass is 9.97. The van der Waals surface area contributed by atoms with Gasteiger partial charge in [0.1, 0.15) is 10.5 Å². The van der Waals surface area contributed by atoms with Crippen molar-refractivity contribution in [3.8, 4) is 0 Å². The van der Waals surface area contributed by atoms with Crippen molar-refractivity contribution in [2.75, 3.05) is 0 Å². The van der Waals surface area contributed by atoms with E-state index >= 15 is 0 Å². The number of aromatic amines is 1. The molecule has 0 saturated heterocycles. The molecular formula is C20H18N4O2S2. The van der Waals surface area contributed by atoms with Gasteiger partial charge in [-0.05, 0) is 49.8 Å². The van der Waals surface area contributed by atoms with E-state index in [1.54, 1.807) is 28.0 Å². The van der Waals surface area contributed by atoms with Crippen LogP contribution in [0.1, 0.15) is 34.5 Å². The summed E-state index contributed by atoms with van der Waals surface area (Å²) in [6.45, 7) is 1.93. The van der Waals surface area contributed by atoms with E-state index < -0.39 is 0 Å². The highest BCUT2D eigenvalue weighted by atomic mass is 32.2. The highest BCUT2D eigenvalue weighted by Gasteiger charge is 2.20. The first kappa shape index (κ1) is 17.6. The number of nitrogens with zero attached hydrogens (tertiary/aromatic N) is 3. The number of aryl methyl sites for hydroxylation is 3. The van der Waals surface area contributed by atoms with Crippen LogP contribution in [0.2, 0.25) is 0 Å². The van der Waals surface area contributed by atoms with Gasteiger partial charge in [-0.2, -0.15) is 0 Å². The SMILES string of the molecule is Cc1cccn2c(=O)cc(CSc3nc4sc5c(c4c(=O)[nH]3)CCCC5)nc12. The molecule has 8 heteroatoms. The van der Waals surface area contributed by atoms with Gasteiger partial charge < -0.3 is 4.98 Å². The number of fused-ring (bicyclic) bond motifs is 4. The van der Waals surface area contributed by atoms with Gasteiger partial charge in [-0.15, -0.1) is 11.3 Å². The molecule has 1 aliphatic rings. The summed E-state index contributed by atoms with van der Waals surface area (Å²) in [5.41, 5.74) is 3.31. The molecule has 0 radical (unpaired) electrons. The van der Waals surface area contributed by atoms with Crippen LogP contribution in [0, 0.1) is 6.92 Å². The van der Waals surface area contributed by atoms with Crippen molar-refractivity contribution in [1.82, 2.24) is 19.4 Å². The van der Waals surface area contributed by atoms with Crippen LogP contribution in [-0.4, -0.2) is 19.4 Å². The molecule has 6 nitrogen and oxygen atoms in total. The molecule has 0 amide bonds. The number of nitrogens with one attached hydrogen (secondary N) is 1. The molecule has 0 atom stereocenters. The number of rotatable bonds is 3. The van der Waals surface area contributed by atoms with Crippen LogP contribution in [0.15, 0.2) is 39.1 Å². The zero-order chi connectivity index (χ0) is 19.3. The smallest absolute Gasteiger partial charge is 0.260 e. The largest absolute Gasteiger partial charge is 0.301 e. The Kier molecular flexibility index (Phi) is 4.32. The van der Waals surface area contributed by atoms with Crippen LogP contribution in [0.5, 0.6) is 0 Å². The van der Waals surface area contributed by atoms with E-state index in [-0.39, 0.29) is 11.1 Å². The summed E-state index contributed by atoms with van der Waals surface area (Å²) in [4.78, 5) is 39.3. The first-order valence-corrected chi connectivity index (χ1v) is 11.1. The minimum absolute atomic E-state index is 0.0608. The first-order valence-electron chi connectivity index (χ1n) is 9.25. The molecule has 0 unspecified atom stereocenters. The molecule has 5 rings (SSSR count). The predicted molar refractivity (Wildman–Crippen MR) is 113 cm³/mol. The molecular weight excluding hydrogens is 392 g/mol. The van der Waals surface area contributed by atoms with Crippen molar-refractivity contribution < 1.29 is 0 Å². The van der Waals surface area contributed by atoms with Crippen molar-refractivity contribution in [3.05, 3.63) is 66.8 Å². The standard InChI is InChI=1S/C20H18N4O2S2/c1-11-5-4-8-24-15(25)9-12(21-17(11)24)10-27-20-22-18(26)16-13-6-2-3-7-14(13)28-19(16)23-20/h4-5,8-9H,2-3,6-7,10H2,1H3,(H,22,23,26). The maximum Gasteiger partial charge on any atom is 0.260 e. The molecule has 0 spiro atoms. The predicted octanol–water partition coefficient (Wildman–Crippen LogP) is 3.47. The van der Waals surface area contributed by atoms with Gasteiger partial charge in [0.25, 0.3) is 11.1 Å². The number of hydrogen-bond acceptors (Lipinski definition) is 6. The van der Waals surface area contributed by atoms with Gasteiger partial charge in [0.2, 0.25) is 0 Å². The lowest BCUT2D eigenvalue weighted by Crippen LogP contribution is -2.16.